The van der Waals surface area contributed by atoms with Crippen molar-refractivity contribution in [2.75, 3.05) is 7.11 Å². The second-order valence-electron chi connectivity index (χ2n) is 3.04. The lowest BCUT2D eigenvalue weighted by Gasteiger charge is -2.32. The molecule has 0 heterocycles. The van der Waals surface area contributed by atoms with Gasteiger partial charge >= 0.3 is 0 Å². The van der Waals surface area contributed by atoms with E-state index in [9.17, 15) is 15.3 Å². The van der Waals surface area contributed by atoms with Gasteiger partial charge in [0.25, 0.3) is 0 Å². The maximum atomic E-state index is 9.35. The first-order valence-corrected chi connectivity index (χ1v) is 3.83. The van der Waals surface area contributed by atoms with Crippen molar-refractivity contribution < 1.29 is 20.1 Å². The van der Waals surface area contributed by atoms with Crippen molar-refractivity contribution in [2.24, 2.45) is 0 Å². The molecule has 1 rings (SSSR count). The van der Waals surface area contributed by atoms with Gasteiger partial charge in [-0.25, -0.2) is 0 Å². The van der Waals surface area contributed by atoms with Crippen LogP contribution in [0.15, 0.2) is 11.6 Å². The number of ether oxygens (including phenoxy) is 1. The third kappa shape index (κ3) is 1.51. The van der Waals surface area contributed by atoms with Gasteiger partial charge in [0.15, 0.2) is 0 Å². The Labute approximate surface area is 71.1 Å². The molecular weight excluding hydrogens is 160 g/mol. The van der Waals surface area contributed by atoms with Crippen molar-refractivity contribution in [2.45, 2.75) is 31.3 Å². The zero-order chi connectivity index (χ0) is 9.30. The highest BCUT2D eigenvalue weighted by molar-refractivity contribution is 5.17. The fraction of sp³-hybridized carbons (Fsp3) is 0.750. The summed E-state index contributed by atoms with van der Waals surface area (Å²) in [5.74, 6) is 0. The molecular formula is C8H14O4. The lowest BCUT2D eigenvalue weighted by atomic mass is 9.90. The van der Waals surface area contributed by atoms with Crippen molar-refractivity contribution >= 4 is 0 Å². The predicted octanol–water partition coefficient (Wildman–Crippen LogP) is -0.956. The normalized spacial score (nSPS) is 42.6. The highest BCUT2D eigenvalue weighted by Gasteiger charge is 2.35. The highest BCUT2D eigenvalue weighted by Crippen LogP contribution is 2.21. The maximum Gasteiger partial charge on any atom is 0.112 e. The quantitative estimate of drug-likeness (QED) is 0.448. The van der Waals surface area contributed by atoms with Crippen LogP contribution in [0.2, 0.25) is 0 Å². The lowest BCUT2D eigenvalue weighted by Crippen LogP contribution is -2.48. The van der Waals surface area contributed by atoms with Crippen molar-refractivity contribution in [3.63, 3.8) is 0 Å². The number of hydrogen-bond acceptors (Lipinski definition) is 4. The van der Waals surface area contributed by atoms with E-state index in [0.29, 0.717) is 5.57 Å². The summed E-state index contributed by atoms with van der Waals surface area (Å²) in [6.07, 6.45) is -2.09. The van der Waals surface area contributed by atoms with Gasteiger partial charge in [0.05, 0.1) is 0 Å². The van der Waals surface area contributed by atoms with Gasteiger partial charge < -0.3 is 20.1 Å². The van der Waals surface area contributed by atoms with Crippen LogP contribution in [0.1, 0.15) is 6.92 Å². The average Bonchev–Trinajstić information content (AvgIpc) is 2.08. The standard InChI is InChI=1S/C8H14O4/c1-4-3-5(12-2)7(10)8(11)6(4)9/h3,5-11H,1-2H3/t5-,6-,7+,8+/m0/s1. The van der Waals surface area contributed by atoms with E-state index in [-0.39, 0.29) is 0 Å². The van der Waals surface area contributed by atoms with Gasteiger partial charge in [-0.1, -0.05) is 6.08 Å². The molecule has 12 heavy (non-hydrogen) atoms. The maximum absolute atomic E-state index is 9.35. The molecule has 4 nitrogen and oxygen atoms in total. The molecule has 0 bridgehead atoms. The van der Waals surface area contributed by atoms with E-state index in [1.807, 2.05) is 0 Å². The van der Waals surface area contributed by atoms with E-state index in [0.717, 1.165) is 0 Å². The summed E-state index contributed by atoms with van der Waals surface area (Å²) < 4.78 is 4.90. The van der Waals surface area contributed by atoms with Crippen molar-refractivity contribution in [1.29, 1.82) is 0 Å². The number of methoxy groups -OCH3 is 1. The van der Waals surface area contributed by atoms with E-state index in [2.05, 4.69) is 0 Å². The Balaban J connectivity index is 2.83. The van der Waals surface area contributed by atoms with Gasteiger partial charge in [-0.2, -0.15) is 0 Å². The molecule has 0 aromatic carbocycles. The van der Waals surface area contributed by atoms with Crippen LogP contribution in [0, 0.1) is 0 Å². The fourth-order valence-corrected chi connectivity index (χ4v) is 1.31. The van der Waals surface area contributed by atoms with Crippen LogP contribution in [0.4, 0.5) is 0 Å². The van der Waals surface area contributed by atoms with Crippen molar-refractivity contribution in [3.05, 3.63) is 11.6 Å². The molecule has 4 atom stereocenters. The van der Waals surface area contributed by atoms with E-state index < -0.39 is 24.4 Å². The Bertz CT molecular complexity index is 189. The Morgan fingerprint density at radius 1 is 1.25 bits per heavy atom. The Hall–Kier alpha value is -0.420. The lowest BCUT2D eigenvalue weighted by molar-refractivity contribution is -0.102. The van der Waals surface area contributed by atoms with Crippen LogP contribution >= 0.6 is 0 Å². The van der Waals surface area contributed by atoms with Crippen LogP contribution in [-0.4, -0.2) is 46.8 Å². The van der Waals surface area contributed by atoms with Crippen LogP contribution < -0.4 is 0 Å². The average molecular weight is 174 g/mol. The summed E-state index contributed by atoms with van der Waals surface area (Å²) in [7, 11) is 1.45. The molecule has 70 valence electrons. The highest BCUT2D eigenvalue weighted by atomic mass is 16.5. The molecule has 0 aromatic heterocycles. The van der Waals surface area contributed by atoms with Gasteiger partial charge in [0, 0.05) is 7.11 Å². The summed E-state index contributed by atoms with van der Waals surface area (Å²) in [5.41, 5.74) is 0.625. The Morgan fingerprint density at radius 2 is 1.83 bits per heavy atom. The smallest absolute Gasteiger partial charge is 0.112 e. The number of rotatable bonds is 1. The van der Waals surface area contributed by atoms with Gasteiger partial charge in [-0.3, -0.25) is 0 Å². The van der Waals surface area contributed by atoms with Crippen molar-refractivity contribution in [3.8, 4) is 0 Å². The van der Waals surface area contributed by atoms with Gasteiger partial charge in [-0.15, -0.1) is 0 Å². The minimum absolute atomic E-state index is 0.525. The van der Waals surface area contributed by atoms with Gasteiger partial charge in [-0.05, 0) is 12.5 Å². The molecule has 1 aliphatic carbocycles. The monoisotopic (exact) mass is 174 g/mol. The fourth-order valence-electron chi connectivity index (χ4n) is 1.31. The van der Waals surface area contributed by atoms with Gasteiger partial charge in [0.1, 0.15) is 24.4 Å². The molecule has 0 spiro atoms. The number of aliphatic hydroxyl groups is 3. The minimum Gasteiger partial charge on any atom is -0.387 e. The topological polar surface area (TPSA) is 69.9 Å². The molecule has 1 aliphatic rings. The molecule has 0 saturated carbocycles. The first-order valence-electron chi connectivity index (χ1n) is 3.83. The predicted molar refractivity (Wildman–Crippen MR) is 42.6 cm³/mol. The number of aliphatic hydroxyl groups excluding tert-OH is 3. The van der Waals surface area contributed by atoms with Crippen LogP contribution in [0.25, 0.3) is 0 Å². The SMILES string of the molecule is CO[C@H]1C=C(C)[C@H](O)[C@@H](O)[C@@H]1O. The first-order chi connectivity index (χ1) is 5.57. The summed E-state index contributed by atoms with van der Waals surface area (Å²) >= 11 is 0. The summed E-state index contributed by atoms with van der Waals surface area (Å²) in [6, 6.07) is 0. The zero-order valence-electron chi connectivity index (χ0n) is 7.14. The largest absolute Gasteiger partial charge is 0.387 e. The summed E-state index contributed by atoms with van der Waals surface area (Å²) in [4.78, 5) is 0. The van der Waals surface area contributed by atoms with Crippen LogP contribution in [-0.2, 0) is 4.74 Å². The second kappa shape index (κ2) is 3.53. The summed E-state index contributed by atoms with van der Waals surface area (Å²) in [6.45, 7) is 1.69. The summed E-state index contributed by atoms with van der Waals surface area (Å²) in [5, 5.41) is 27.9. The number of hydrogen-bond donors (Lipinski definition) is 3. The van der Waals surface area contributed by atoms with E-state index in [1.165, 1.54) is 7.11 Å². The molecule has 0 radical (unpaired) electrons. The van der Waals surface area contributed by atoms with Crippen molar-refractivity contribution in [1.82, 2.24) is 0 Å². The molecule has 0 aromatic rings. The molecule has 0 aliphatic heterocycles. The van der Waals surface area contributed by atoms with E-state index >= 15 is 0 Å². The molecule has 3 N–H and O–H groups in total. The molecule has 4 heteroatoms. The van der Waals surface area contributed by atoms with E-state index in [4.69, 9.17) is 4.74 Å². The first kappa shape index (κ1) is 9.67. The third-order valence-electron chi connectivity index (χ3n) is 2.18. The minimum atomic E-state index is -1.15. The molecule has 0 saturated heterocycles. The zero-order valence-corrected chi connectivity index (χ0v) is 7.14. The van der Waals surface area contributed by atoms with Crippen LogP contribution in [0.5, 0.6) is 0 Å². The van der Waals surface area contributed by atoms with E-state index in [1.54, 1.807) is 13.0 Å². The van der Waals surface area contributed by atoms with Crippen LogP contribution in [0.3, 0.4) is 0 Å². The molecule has 0 unspecified atom stereocenters. The third-order valence-corrected chi connectivity index (χ3v) is 2.18. The Kier molecular flexibility index (Phi) is 2.85. The van der Waals surface area contributed by atoms with Gasteiger partial charge in [0.2, 0.25) is 0 Å². The second-order valence-corrected chi connectivity index (χ2v) is 3.04. The molecule has 0 fully saturated rings. The molecule has 0 amide bonds. The Morgan fingerprint density at radius 3 is 2.33 bits per heavy atom.